The van der Waals surface area contributed by atoms with Gasteiger partial charge in [0.15, 0.2) is 0 Å². The van der Waals surface area contributed by atoms with Crippen LogP contribution in [0.25, 0.3) is 0 Å². The van der Waals surface area contributed by atoms with E-state index in [2.05, 4.69) is 32.7 Å². The zero-order valence-corrected chi connectivity index (χ0v) is 14.6. The Labute approximate surface area is 145 Å². The number of methoxy groups -OCH3 is 1. The predicted molar refractivity (Wildman–Crippen MR) is 96.2 cm³/mol. The minimum atomic E-state index is -0.367. The SMILES string of the molecule is COc1ccccc1NC(=O)Nc1nnc(N2CCCC[C@H]2C)s1. The Balaban J connectivity index is 1.63. The molecule has 0 bridgehead atoms. The largest absolute Gasteiger partial charge is 0.495 e. The number of carbonyl (C=O) groups is 1. The highest BCUT2D eigenvalue weighted by atomic mass is 32.1. The third kappa shape index (κ3) is 3.76. The molecule has 0 aliphatic carbocycles. The summed E-state index contributed by atoms with van der Waals surface area (Å²) in [4.78, 5) is 14.4. The van der Waals surface area contributed by atoms with Gasteiger partial charge in [0, 0.05) is 12.6 Å². The van der Waals surface area contributed by atoms with Crippen molar-refractivity contribution in [1.82, 2.24) is 10.2 Å². The van der Waals surface area contributed by atoms with Crippen LogP contribution in [-0.4, -0.2) is 35.9 Å². The van der Waals surface area contributed by atoms with Crippen LogP contribution >= 0.6 is 11.3 Å². The monoisotopic (exact) mass is 347 g/mol. The van der Waals surface area contributed by atoms with Crippen LogP contribution in [0.2, 0.25) is 0 Å². The first-order chi connectivity index (χ1) is 11.7. The van der Waals surface area contributed by atoms with Crippen LogP contribution in [-0.2, 0) is 0 Å². The number of urea groups is 1. The first kappa shape index (κ1) is 16.5. The fourth-order valence-electron chi connectivity index (χ4n) is 2.76. The van der Waals surface area contributed by atoms with Gasteiger partial charge in [0.05, 0.1) is 12.8 Å². The summed E-state index contributed by atoms with van der Waals surface area (Å²) in [7, 11) is 1.56. The third-order valence-electron chi connectivity index (χ3n) is 4.04. The van der Waals surface area contributed by atoms with Crippen LogP contribution in [0.5, 0.6) is 5.75 Å². The Hall–Kier alpha value is -2.35. The van der Waals surface area contributed by atoms with E-state index in [9.17, 15) is 4.79 Å². The zero-order chi connectivity index (χ0) is 16.9. The minimum absolute atomic E-state index is 0.367. The Morgan fingerprint density at radius 2 is 2.12 bits per heavy atom. The van der Waals surface area contributed by atoms with E-state index in [1.165, 1.54) is 24.2 Å². The number of para-hydroxylation sites is 2. The normalized spacial score (nSPS) is 17.4. The maximum absolute atomic E-state index is 12.1. The molecule has 1 aromatic carbocycles. The molecule has 2 N–H and O–H groups in total. The number of rotatable bonds is 4. The topological polar surface area (TPSA) is 79.4 Å². The number of hydrogen-bond acceptors (Lipinski definition) is 6. The molecular weight excluding hydrogens is 326 g/mol. The van der Waals surface area contributed by atoms with Gasteiger partial charge < -0.3 is 15.0 Å². The van der Waals surface area contributed by atoms with E-state index < -0.39 is 0 Å². The molecule has 1 saturated heterocycles. The molecule has 1 aliphatic rings. The van der Waals surface area contributed by atoms with Crippen molar-refractivity contribution in [3.63, 3.8) is 0 Å². The molecule has 24 heavy (non-hydrogen) atoms. The number of nitrogens with one attached hydrogen (secondary N) is 2. The van der Waals surface area contributed by atoms with E-state index in [-0.39, 0.29) is 6.03 Å². The first-order valence-electron chi connectivity index (χ1n) is 7.98. The molecule has 128 valence electrons. The van der Waals surface area contributed by atoms with Gasteiger partial charge in [-0.3, -0.25) is 5.32 Å². The molecular formula is C16H21N5O2S. The van der Waals surface area contributed by atoms with Crippen LogP contribution in [0, 0.1) is 0 Å². The fourth-order valence-corrected chi connectivity index (χ4v) is 3.63. The predicted octanol–water partition coefficient (Wildman–Crippen LogP) is 3.57. The van der Waals surface area contributed by atoms with Crippen LogP contribution < -0.4 is 20.3 Å². The lowest BCUT2D eigenvalue weighted by molar-refractivity contribution is 0.262. The second-order valence-corrected chi connectivity index (χ2v) is 6.66. The number of carbonyl (C=O) groups excluding carboxylic acids is 1. The van der Waals surface area contributed by atoms with Crippen molar-refractivity contribution in [1.29, 1.82) is 0 Å². The van der Waals surface area contributed by atoms with E-state index in [4.69, 9.17) is 4.74 Å². The van der Waals surface area contributed by atoms with E-state index in [0.717, 1.165) is 18.1 Å². The van der Waals surface area contributed by atoms with Crippen LogP contribution in [0.15, 0.2) is 24.3 Å². The van der Waals surface area contributed by atoms with Crippen LogP contribution in [0.1, 0.15) is 26.2 Å². The lowest BCUT2D eigenvalue weighted by atomic mass is 10.1. The second kappa shape index (κ2) is 7.48. The minimum Gasteiger partial charge on any atom is -0.495 e. The van der Waals surface area contributed by atoms with Crippen LogP contribution in [0.3, 0.4) is 0 Å². The quantitative estimate of drug-likeness (QED) is 0.884. The molecule has 1 aromatic heterocycles. The fraction of sp³-hybridized carbons (Fsp3) is 0.438. The Bertz CT molecular complexity index is 705. The molecule has 0 unspecified atom stereocenters. The summed E-state index contributed by atoms with van der Waals surface area (Å²) < 4.78 is 5.22. The number of nitrogens with zero attached hydrogens (tertiary/aromatic N) is 3. The molecule has 7 nitrogen and oxygen atoms in total. The van der Waals surface area contributed by atoms with Gasteiger partial charge in [-0.1, -0.05) is 23.5 Å². The maximum Gasteiger partial charge on any atom is 0.325 e. The lowest BCUT2D eigenvalue weighted by Gasteiger charge is -2.32. The smallest absolute Gasteiger partial charge is 0.325 e. The van der Waals surface area contributed by atoms with Gasteiger partial charge in [-0.05, 0) is 38.3 Å². The van der Waals surface area contributed by atoms with Crippen molar-refractivity contribution in [2.45, 2.75) is 32.2 Å². The second-order valence-electron chi connectivity index (χ2n) is 5.71. The van der Waals surface area contributed by atoms with Crippen molar-refractivity contribution >= 4 is 33.3 Å². The van der Waals surface area contributed by atoms with Gasteiger partial charge in [0.2, 0.25) is 10.3 Å². The van der Waals surface area contributed by atoms with Crippen molar-refractivity contribution in [2.24, 2.45) is 0 Å². The number of benzene rings is 1. The van der Waals surface area contributed by atoms with E-state index in [1.807, 2.05) is 12.1 Å². The molecule has 3 rings (SSSR count). The van der Waals surface area contributed by atoms with E-state index >= 15 is 0 Å². The molecule has 1 atom stereocenters. The third-order valence-corrected chi connectivity index (χ3v) is 4.91. The summed E-state index contributed by atoms with van der Waals surface area (Å²) in [5, 5.41) is 15.1. The number of ether oxygens (including phenoxy) is 1. The number of amides is 2. The van der Waals surface area contributed by atoms with Gasteiger partial charge in [-0.2, -0.15) is 0 Å². The Morgan fingerprint density at radius 3 is 2.92 bits per heavy atom. The van der Waals surface area contributed by atoms with Crippen LogP contribution in [0.4, 0.5) is 20.7 Å². The number of aromatic nitrogens is 2. The summed E-state index contributed by atoms with van der Waals surface area (Å²) in [6.07, 6.45) is 3.58. The molecule has 8 heteroatoms. The van der Waals surface area contributed by atoms with Gasteiger partial charge in [0.25, 0.3) is 0 Å². The summed E-state index contributed by atoms with van der Waals surface area (Å²) in [6, 6.07) is 7.34. The summed E-state index contributed by atoms with van der Waals surface area (Å²) in [5.74, 6) is 0.604. The highest BCUT2D eigenvalue weighted by Crippen LogP contribution is 2.30. The molecule has 0 spiro atoms. The van der Waals surface area contributed by atoms with Gasteiger partial charge in [0.1, 0.15) is 5.75 Å². The molecule has 2 aromatic rings. The van der Waals surface area contributed by atoms with Crippen molar-refractivity contribution in [2.75, 3.05) is 29.2 Å². The zero-order valence-electron chi connectivity index (χ0n) is 13.8. The highest BCUT2D eigenvalue weighted by molar-refractivity contribution is 7.19. The molecule has 1 aliphatic heterocycles. The summed E-state index contributed by atoms with van der Waals surface area (Å²) >= 11 is 1.39. The molecule has 1 fully saturated rings. The standard InChI is InChI=1S/C16H21N5O2S/c1-11-7-5-6-10-21(11)16-20-19-15(24-16)18-14(22)17-12-8-3-4-9-13(12)23-2/h3-4,8-9,11H,5-7,10H2,1-2H3,(H2,17,18,19,22)/t11-/m1/s1. The number of piperidine rings is 1. The lowest BCUT2D eigenvalue weighted by Crippen LogP contribution is -2.37. The average Bonchev–Trinajstić information content (AvgIpc) is 3.04. The van der Waals surface area contributed by atoms with Crippen molar-refractivity contribution in [3.8, 4) is 5.75 Å². The molecule has 2 heterocycles. The first-order valence-corrected chi connectivity index (χ1v) is 8.80. The number of hydrogen-bond donors (Lipinski definition) is 2. The van der Waals surface area contributed by atoms with Gasteiger partial charge >= 0.3 is 6.03 Å². The molecule has 2 amide bonds. The molecule has 0 saturated carbocycles. The number of anilines is 3. The average molecular weight is 347 g/mol. The van der Waals surface area contributed by atoms with E-state index in [0.29, 0.717) is 22.6 Å². The maximum atomic E-state index is 12.1. The summed E-state index contributed by atoms with van der Waals surface area (Å²) in [6.45, 7) is 3.19. The van der Waals surface area contributed by atoms with Gasteiger partial charge in [-0.25, -0.2) is 4.79 Å². The van der Waals surface area contributed by atoms with E-state index in [1.54, 1.807) is 19.2 Å². The molecule has 0 radical (unpaired) electrons. The van der Waals surface area contributed by atoms with Crippen molar-refractivity contribution < 1.29 is 9.53 Å². The highest BCUT2D eigenvalue weighted by Gasteiger charge is 2.22. The summed E-state index contributed by atoms with van der Waals surface area (Å²) in [5.41, 5.74) is 0.604. The Morgan fingerprint density at radius 1 is 1.29 bits per heavy atom. The van der Waals surface area contributed by atoms with Crippen molar-refractivity contribution in [3.05, 3.63) is 24.3 Å². The van der Waals surface area contributed by atoms with Gasteiger partial charge in [-0.15, -0.1) is 10.2 Å². The Kier molecular flexibility index (Phi) is 5.14.